The molecule has 0 aliphatic rings. The van der Waals surface area contributed by atoms with E-state index in [-0.39, 0.29) is 75.4 Å². The van der Waals surface area contributed by atoms with Crippen molar-refractivity contribution in [1.82, 2.24) is 0 Å². The molecule has 0 aromatic heterocycles. The number of hydrogen-bond acceptors (Lipinski definition) is 13. The van der Waals surface area contributed by atoms with Crippen molar-refractivity contribution in [2.75, 3.05) is 4.72 Å². The number of hydrogen-bond donors (Lipinski definition) is 2. The number of fused-ring (bicyclic) bond motifs is 1. The quantitative estimate of drug-likeness (QED) is 0.109. The maximum atomic E-state index is 13.4. The van der Waals surface area contributed by atoms with Crippen LogP contribution in [0.15, 0.2) is 134 Å². The third-order valence-corrected chi connectivity index (χ3v) is 11.1. The Morgan fingerprint density at radius 2 is 1.21 bits per heavy atom. The van der Waals surface area contributed by atoms with Crippen LogP contribution >= 0.6 is 0 Å². The van der Waals surface area contributed by atoms with E-state index in [1.807, 2.05) is 19.1 Å². The van der Waals surface area contributed by atoms with Crippen LogP contribution in [0.4, 0.5) is 17.1 Å². The van der Waals surface area contributed by atoms with E-state index in [0.717, 1.165) is 16.7 Å². The van der Waals surface area contributed by atoms with Gasteiger partial charge in [-0.1, -0.05) is 54.1 Å². The van der Waals surface area contributed by atoms with E-state index in [1.54, 1.807) is 50.2 Å². The number of para-hydroxylation sites is 2. The van der Waals surface area contributed by atoms with Crippen LogP contribution in [0, 0.1) is 20.8 Å². The minimum atomic E-state index is -5.49. The van der Waals surface area contributed by atoms with E-state index >= 15 is 0 Å². The van der Waals surface area contributed by atoms with Crippen LogP contribution < -0.4 is 73.3 Å². The van der Waals surface area contributed by atoms with E-state index in [9.17, 15) is 39.5 Å². The molecule has 0 saturated carbocycles. The largest absolute Gasteiger partial charge is 1.00 e. The Labute approximate surface area is 367 Å². The van der Waals surface area contributed by atoms with Crippen LogP contribution in [-0.2, 0) is 30.3 Å². The summed E-state index contributed by atoms with van der Waals surface area (Å²) in [6.07, 6.45) is 0. The Bertz CT molecular complexity index is 2820. The zero-order valence-electron chi connectivity index (χ0n) is 30.5. The number of ether oxygens (including phenoxy) is 2. The van der Waals surface area contributed by atoms with Gasteiger partial charge in [0.05, 0.1) is 25.8 Å². The molecule has 0 bridgehead atoms. The van der Waals surface area contributed by atoms with Gasteiger partial charge in [0.15, 0.2) is 11.5 Å². The van der Waals surface area contributed by atoms with Gasteiger partial charge in [0, 0.05) is 6.07 Å². The first-order chi connectivity index (χ1) is 25.4. The average Bonchev–Trinajstić information content (AvgIpc) is 3.09. The molecule has 0 aliphatic heterocycles. The SMILES string of the molecule is Cc1ccc(S(=O)(=O)Nc2cc(S(=O)(=O)[O-])cc3cc(S(=O)(=O)[O-])c(N=Nc4ccc(Oc5ccccc5C)cc4Oc4ccccc4C)c(O)c23)cc1.[Na+].[Na+]. The van der Waals surface area contributed by atoms with Crippen LogP contribution in [-0.4, -0.2) is 39.5 Å². The van der Waals surface area contributed by atoms with Crippen LogP contribution in [0.5, 0.6) is 28.7 Å². The molecule has 56 heavy (non-hydrogen) atoms. The van der Waals surface area contributed by atoms with Crippen molar-refractivity contribution in [2.24, 2.45) is 10.2 Å². The number of phenols is 1. The predicted octanol–water partition coefficient (Wildman–Crippen LogP) is 2.09. The van der Waals surface area contributed by atoms with E-state index in [0.29, 0.717) is 35.4 Å². The second kappa shape index (κ2) is 17.7. The van der Waals surface area contributed by atoms with Crippen LogP contribution in [0.2, 0.25) is 0 Å². The molecule has 0 aliphatic carbocycles. The maximum absolute atomic E-state index is 13.4. The third kappa shape index (κ3) is 10.2. The second-order valence-corrected chi connectivity index (χ2v) is 16.4. The van der Waals surface area contributed by atoms with Crippen molar-refractivity contribution >= 4 is 58.1 Å². The maximum Gasteiger partial charge on any atom is 1.00 e. The number of sulfonamides is 1. The van der Waals surface area contributed by atoms with Gasteiger partial charge < -0.3 is 23.7 Å². The Kier molecular flexibility index (Phi) is 14.2. The van der Waals surface area contributed by atoms with Crippen molar-refractivity contribution in [2.45, 2.75) is 35.5 Å². The Balaban J connectivity index is 0.00000348. The molecule has 0 unspecified atom stereocenters. The number of nitrogens with zero attached hydrogens (tertiary/aromatic N) is 2. The van der Waals surface area contributed by atoms with Gasteiger partial charge in [-0.15, -0.1) is 10.2 Å². The zero-order chi connectivity index (χ0) is 39.0. The van der Waals surface area contributed by atoms with Gasteiger partial charge in [-0.05, 0) is 91.9 Å². The van der Waals surface area contributed by atoms with E-state index in [4.69, 9.17) is 9.47 Å². The number of benzene rings is 6. The number of aryl methyl sites for hydroxylation is 3. The van der Waals surface area contributed by atoms with Gasteiger partial charge in [0.2, 0.25) is 0 Å². The molecule has 6 aromatic carbocycles. The fraction of sp³-hybridized carbons (Fsp3) is 0.0811. The van der Waals surface area contributed by atoms with Crippen molar-refractivity contribution in [3.05, 3.63) is 126 Å². The molecule has 2 N–H and O–H groups in total. The van der Waals surface area contributed by atoms with Crippen molar-refractivity contribution in [1.29, 1.82) is 0 Å². The van der Waals surface area contributed by atoms with Gasteiger partial charge in [-0.25, -0.2) is 25.3 Å². The predicted molar refractivity (Wildman–Crippen MR) is 197 cm³/mol. The molecule has 278 valence electrons. The molecule has 0 spiro atoms. The molecule has 0 fully saturated rings. The molecular formula is C37H29N3Na2O11S3. The first-order valence-electron chi connectivity index (χ1n) is 15.8. The Morgan fingerprint density at radius 3 is 1.79 bits per heavy atom. The van der Waals surface area contributed by atoms with Gasteiger partial charge in [-0.3, -0.25) is 4.72 Å². The standard InChI is InChI=1S/C37H31N3O11S3.2Na/c1-22-12-15-27(16-13-22)52(42,43)40-30-21-28(53(44,45)46)18-25-19-34(54(47,48)49)36(37(41)35(25)30)39-38-29-17-14-26(50-31-10-6-4-8-23(31)2)20-33(29)51-32-11-7-5-9-24(32)3;;/h4-21,40-41H,1-3H3,(H,44,45,46)(H,47,48,49);;/q;2*+1/p-2. The summed E-state index contributed by atoms with van der Waals surface area (Å²) in [5.74, 6) is 0.318. The minimum absolute atomic E-state index is 0. The van der Waals surface area contributed by atoms with Gasteiger partial charge in [0.25, 0.3) is 10.0 Å². The molecular weight excluding hydrogens is 805 g/mol. The molecule has 0 heterocycles. The van der Waals surface area contributed by atoms with Gasteiger partial charge in [0.1, 0.15) is 48.9 Å². The number of rotatable bonds is 11. The molecule has 0 radical (unpaired) electrons. The van der Waals surface area contributed by atoms with Crippen molar-refractivity contribution in [3.63, 3.8) is 0 Å². The topological polar surface area (TPSA) is 224 Å². The number of anilines is 1. The molecule has 0 amide bonds. The summed E-state index contributed by atoms with van der Waals surface area (Å²) in [6.45, 7) is 5.39. The normalized spacial score (nSPS) is 11.8. The van der Waals surface area contributed by atoms with Crippen molar-refractivity contribution < 1.29 is 108 Å². The van der Waals surface area contributed by atoms with Crippen LogP contribution in [0.1, 0.15) is 16.7 Å². The average molecular weight is 834 g/mol. The summed E-state index contributed by atoms with van der Waals surface area (Å²) in [7, 11) is -15.3. The monoisotopic (exact) mass is 833 g/mol. The van der Waals surface area contributed by atoms with Gasteiger partial charge >= 0.3 is 59.1 Å². The van der Waals surface area contributed by atoms with Crippen LogP contribution in [0.3, 0.4) is 0 Å². The molecule has 6 rings (SSSR count). The van der Waals surface area contributed by atoms with E-state index in [1.165, 1.54) is 42.5 Å². The molecule has 0 atom stereocenters. The van der Waals surface area contributed by atoms with Crippen molar-refractivity contribution in [3.8, 4) is 28.7 Å². The Morgan fingerprint density at radius 1 is 0.625 bits per heavy atom. The molecule has 0 saturated heterocycles. The summed E-state index contributed by atoms with van der Waals surface area (Å²) in [5, 5.41) is 18.6. The van der Waals surface area contributed by atoms with E-state index in [2.05, 4.69) is 15.0 Å². The summed E-state index contributed by atoms with van der Waals surface area (Å²) in [6, 6.07) is 26.3. The summed E-state index contributed by atoms with van der Waals surface area (Å²) < 4.78 is 115. The molecule has 19 heteroatoms. The molecule has 6 aromatic rings. The number of nitrogens with one attached hydrogen (secondary N) is 1. The smallest absolute Gasteiger partial charge is 0.744 e. The summed E-state index contributed by atoms with van der Waals surface area (Å²) >= 11 is 0. The van der Waals surface area contributed by atoms with E-state index < -0.39 is 67.9 Å². The third-order valence-electron chi connectivity index (χ3n) is 8.08. The second-order valence-electron chi connectivity index (χ2n) is 12.0. The number of aromatic hydroxyl groups is 1. The minimum Gasteiger partial charge on any atom is -0.744 e. The first kappa shape index (κ1) is 44.9. The summed E-state index contributed by atoms with van der Waals surface area (Å²) in [5.41, 5.74) is 0.774. The first-order valence-corrected chi connectivity index (χ1v) is 20.1. The summed E-state index contributed by atoms with van der Waals surface area (Å²) in [4.78, 5) is -2.39. The fourth-order valence-electron chi connectivity index (χ4n) is 5.31. The molecule has 14 nitrogen and oxygen atoms in total. The number of azo groups is 1. The Hall–Kier alpha value is -3.85. The fourth-order valence-corrected chi connectivity index (χ4v) is 7.55. The zero-order valence-corrected chi connectivity index (χ0v) is 37.0. The van der Waals surface area contributed by atoms with Gasteiger partial charge in [-0.2, -0.15) is 0 Å². The van der Waals surface area contributed by atoms with Crippen LogP contribution in [0.25, 0.3) is 10.8 Å². The number of phenolic OH excluding ortho intramolecular Hbond substituents is 1.